The monoisotopic (exact) mass is 541 g/mol. The van der Waals surface area contributed by atoms with Crippen molar-refractivity contribution in [3.05, 3.63) is 65.2 Å². The molecule has 1 atom stereocenters. The Balaban J connectivity index is 2.51. The Morgan fingerprint density at radius 2 is 1.65 bits per heavy atom. The number of hydrogen-bond acceptors (Lipinski definition) is 4. The highest BCUT2D eigenvalue weighted by atomic mass is 32.2. The number of benzene rings is 2. The Kier molecular flexibility index (Phi) is 9.40. The van der Waals surface area contributed by atoms with Gasteiger partial charge in [-0.3, -0.25) is 13.9 Å². The molecular formula is C26H34F3N3O4S. The summed E-state index contributed by atoms with van der Waals surface area (Å²) in [6.07, 6.45) is -3.64. The van der Waals surface area contributed by atoms with Crippen molar-refractivity contribution >= 4 is 27.5 Å². The molecule has 2 amide bonds. The second kappa shape index (κ2) is 11.5. The number of amides is 2. The molecule has 0 spiro atoms. The standard InChI is InChI=1S/C26H34F3N3O4S/c1-7-22(24(34)30-25(3,4)5)31(16-19-11-8-10-18(2)14-19)23(33)17-32(37(6,35)36)21-13-9-12-20(15-21)26(27,28)29/h8-15,22H,7,16-17H2,1-6H3,(H,30,34). The molecule has 0 aliphatic carbocycles. The van der Waals surface area contributed by atoms with Crippen LogP contribution in [0.5, 0.6) is 0 Å². The second-order valence-electron chi connectivity index (χ2n) is 9.99. The van der Waals surface area contributed by atoms with E-state index in [1.165, 1.54) is 11.0 Å². The lowest BCUT2D eigenvalue weighted by atomic mass is 10.0. The maximum absolute atomic E-state index is 13.6. The zero-order chi connectivity index (χ0) is 28.2. The van der Waals surface area contributed by atoms with Crippen LogP contribution >= 0.6 is 0 Å². The van der Waals surface area contributed by atoms with Crippen LogP contribution in [-0.2, 0) is 32.3 Å². The van der Waals surface area contributed by atoms with E-state index in [9.17, 15) is 31.2 Å². The van der Waals surface area contributed by atoms with Crippen molar-refractivity contribution in [1.82, 2.24) is 10.2 Å². The number of alkyl halides is 3. The fourth-order valence-corrected chi connectivity index (χ4v) is 4.67. The van der Waals surface area contributed by atoms with Gasteiger partial charge in [-0.15, -0.1) is 0 Å². The highest BCUT2D eigenvalue weighted by Crippen LogP contribution is 2.32. The van der Waals surface area contributed by atoms with Gasteiger partial charge in [0.15, 0.2) is 0 Å². The van der Waals surface area contributed by atoms with Crippen LogP contribution < -0.4 is 9.62 Å². The van der Waals surface area contributed by atoms with Crippen LogP contribution in [0.25, 0.3) is 0 Å². The number of carbonyl (C=O) groups is 2. The molecule has 0 radical (unpaired) electrons. The van der Waals surface area contributed by atoms with E-state index >= 15 is 0 Å². The van der Waals surface area contributed by atoms with E-state index in [2.05, 4.69) is 5.32 Å². The Bertz CT molecular complexity index is 1220. The van der Waals surface area contributed by atoms with Crippen LogP contribution in [0.15, 0.2) is 48.5 Å². The minimum atomic E-state index is -4.70. The van der Waals surface area contributed by atoms with Crippen molar-refractivity contribution in [3.8, 4) is 0 Å². The van der Waals surface area contributed by atoms with E-state index < -0.39 is 51.7 Å². The van der Waals surface area contributed by atoms with E-state index in [-0.39, 0.29) is 18.7 Å². The van der Waals surface area contributed by atoms with Crippen molar-refractivity contribution in [2.24, 2.45) is 0 Å². The summed E-state index contributed by atoms with van der Waals surface area (Å²) < 4.78 is 65.7. The highest BCUT2D eigenvalue weighted by molar-refractivity contribution is 7.92. The lowest BCUT2D eigenvalue weighted by molar-refractivity contribution is -0.141. The minimum absolute atomic E-state index is 0.0107. The molecule has 0 heterocycles. The summed E-state index contributed by atoms with van der Waals surface area (Å²) in [7, 11) is -4.15. The molecular weight excluding hydrogens is 507 g/mol. The number of hydrogen-bond donors (Lipinski definition) is 1. The molecule has 11 heteroatoms. The average molecular weight is 542 g/mol. The van der Waals surface area contributed by atoms with Crippen LogP contribution in [0.4, 0.5) is 18.9 Å². The van der Waals surface area contributed by atoms with Gasteiger partial charge in [-0.25, -0.2) is 8.42 Å². The summed E-state index contributed by atoms with van der Waals surface area (Å²) >= 11 is 0. The first-order valence-corrected chi connectivity index (χ1v) is 13.6. The third kappa shape index (κ3) is 8.77. The number of aryl methyl sites for hydroxylation is 1. The molecule has 7 nitrogen and oxygen atoms in total. The number of sulfonamides is 1. The average Bonchev–Trinajstić information content (AvgIpc) is 2.74. The molecule has 0 aliphatic heterocycles. The van der Waals surface area contributed by atoms with Crippen LogP contribution in [0, 0.1) is 6.92 Å². The lowest BCUT2D eigenvalue weighted by Crippen LogP contribution is -2.55. The molecule has 0 saturated carbocycles. The van der Waals surface area contributed by atoms with Gasteiger partial charge in [-0.1, -0.05) is 42.8 Å². The number of nitrogens with zero attached hydrogens (tertiary/aromatic N) is 2. The second-order valence-corrected chi connectivity index (χ2v) is 11.9. The summed E-state index contributed by atoms with van der Waals surface area (Å²) in [6.45, 7) is 8.22. The minimum Gasteiger partial charge on any atom is -0.350 e. The van der Waals surface area contributed by atoms with Crippen LogP contribution in [0.1, 0.15) is 50.8 Å². The third-order valence-corrected chi connectivity index (χ3v) is 6.60. The van der Waals surface area contributed by atoms with Crippen molar-refractivity contribution < 1.29 is 31.2 Å². The molecule has 37 heavy (non-hydrogen) atoms. The Hall–Kier alpha value is -3.08. The van der Waals surface area contributed by atoms with E-state index in [0.29, 0.717) is 10.4 Å². The first-order chi connectivity index (χ1) is 16.9. The molecule has 204 valence electrons. The number of anilines is 1. The van der Waals surface area contributed by atoms with Crippen LogP contribution in [0.3, 0.4) is 0 Å². The molecule has 0 saturated heterocycles. The van der Waals surface area contributed by atoms with Crippen molar-refractivity contribution in [3.63, 3.8) is 0 Å². The normalized spacial score (nSPS) is 13.1. The third-order valence-electron chi connectivity index (χ3n) is 5.46. The largest absolute Gasteiger partial charge is 0.416 e. The predicted molar refractivity (Wildman–Crippen MR) is 137 cm³/mol. The van der Waals surface area contributed by atoms with Gasteiger partial charge >= 0.3 is 6.18 Å². The zero-order valence-corrected chi connectivity index (χ0v) is 22.7. The van der Waals surface area contributed by atoms with Gasteiger partial charge in [-0.05, 0) is 57.9 Å². The van der Waals surface area contributed by atoms with E-state index in [4.69, 9.17) is 0 Å². The number of halogens is 3. The maximum Gasteiger partial charge on any atom is 0.416 e. The summed E-state index contributed by atoms with van der Waals surface area (Å²) in [5, 5.41) is 2.85. The lowest BCUT2D eigenvalue weighted by Gasteiger charge is -2.34. The maximum atomic E-state index is 13.6. The van der Waals surface area contributed by atoms with E-state index in [1.807, 2.05) is 19.1 Å². The molecule has 2 aromatic rings. The Morgan fingerprint density at radius 3 is 2.16 bits per heavy atom. The fourth-order valence-electron chi connectivity index (χ4n) is 3.83. The Labute approximate surface area is 216 Å². The molecule has 0 aromatic heterocycles. The van der Waals surface area contributed by atoms with Gasteiger partial charge in [0, 0.05) is 12.1 Å². The first kappa shape index (κ1) is 30.1. The number of rotatable bonds is 9. The SMILES string of the molecule is CCC(C(=O)NC(C)(C)C)N(Cc1cccc(C)c1)C(=O)CN(c1cccc(C(F)(F)F)c1)S(C)(=O)=O. The van der Waals surface area contributed by atoms with Crippen molar-refractivity contribution in [2.45, 2.75) is 65.3 Å². The predicted octanol–water partition coefficient (Wildman–Crippen LogP) is 4.50. The van der Waals surface area contributed by atoms with Crippen molar-refractivity contribution in [2.75, 3.05) is 17.1 Å². The summed E-state index contributed by atoms with van der Waals surface area (Å²) in [5.41, 5.74) is -0.273. The van der Waals surface area contributed by atoms with Crippen LogP contribution in [0.2, 0.25) is 0 Å². The van der Waals surface area contributed by atoms with Gasteiger partial charge in [0.1, 0.15) is 12.6 Å². The fraction of sp³-hybridized carbons (Fsp3) is 0.462. The molecule has 1 N–H and O–H groups in total. The summed E-state index contributed by atoms with van der Waals surface area (Å²) in [5.74, 6) is -1.14. The number of carbonyl (C=O) groups excluding carboxylic acids is 2. The smallest absolute Gasteiger partial charge is 0.350 e. The molecule has 1 unspecified atom stereocenters. The summed E-state index contributed by atoms with van der Waals surface area (Å²) in [6, 6.07) is 10.1. The van der Waals surface area contributed by atoms with E-state index in [0.717, 1.165) is 29.5 Å². The quantitative estimate of drug-likeness (QED) is 0.507. The van der Waals surface area contributed by atoms with Gasteiger partial charge in [0.2, 0.25) is 21.8 Å². The first-order valence-electron chi connectivity index (χ1n) is 11.7. The summed E-state index contributed by atoms with van der Waals surface area (Å²) in [4.78, 5) is 28.1. The molecule has 2 rings (SSSR count). The van der Waals surface area contributed by atoms with Gasteiger partial charge in [-0.2, -0.15) is 13.2 Å². The van der Waals surface area contributed by atoms with Gasteiger partial charge < -0.3 is 10.2 Å². The molecule has 0 bridgehead atoms. The number of nitrogens with one attached hydrogen (secondary N) is 1. The highest BCUT2D eigenvalue weighted by Gasteiger charge is 2.35. The van der Waals surface area contributed by atoms with E-state index in [1.54, 1.807) is 39.8 Å². The molecule has 0 fully saturated rings. The van der Waals surface area contributed by atoms with Gasteiger partial charge in [0.05, 0.1) is 17.5 Å². The molecule has 0 aliphatic rings. The van der Waals surface area contributed by atoms with Crippen molar-refractivity contribution in [1.29, 1.82) is 0 Å². The Morgan fingerprint density at radius 1 is 1.03 bits per heavy atom. The zero-order valence-electron chi connectivity index (χ0n) is 21.9. The van der Waals surface area contributed by atoms with Crippen LogP contribution in [-0.4, -0.2) is 49.5 Å². The topological polar surface area (TPSA) is 86.8 Å². The van der Waals surface area contributed by atoms with Gasteiger partial charge in [0.25, 0.3) is 0 Å². The molecule has 2 aromatic carbocycles.